The number of pyridine rings is 1. The van der Waals surface area contributed by atoms with E-state index in [1.54, 1.807) is 40.3 Å². The molecule has 140 valence electrons. The van der Waals surface area contributed by atoms with Crippen molar-refractivity contribution in [2.75, 3.05) is 36.8 Å². The van der Waals surface area contributed by atoms with Crippen LogP contribution in [0, 0.1) is 0 Å². The highest BCUT2D eigenvalue weighted by Gasteiger charge is 2.21. The lowest BCUT2D eigenvalue weighted by molar-refractivity contribution is -0.119. The van der Waals surface area contributed by atoms with Gasteiger partial charge in [-0.25, -0.2) is 4.98 Å². The predicted octanol–water partition coefficient (Wildman–Crippen LogP) is 1.70. The number of hydrogen-bond acceptors (Lipinski definition) is 5. The highest BCUT2D eigenvalue weighted by Crippen LogP contribution is 2.19. The highest BCUT2D eigenvalue weighted by molar-refractivity contribution is 5.95. The van der Waals surface area contributed by atoms with Crippen molar-refractivity contribution >= 4 is 35.4 Å². The molecule has 0 unspecified atom stereocenters. The van der Waals surface area contributed by atoms with Gasteiger partial charge in [0.1, 0.15) is 5.82 Å². The van der Waals surface area contributed by atoms with Crippen molar-refractivity contribution in [3.8, 4) is 0 Å². The SMILES string of the molecule is CC(=O)Nc1ccc(Nc2cc(C(=O)N3CCN(C=O)CC3)ccn2)cc1. The molecule has 1 aliphatic rings. The predicted molar refractivity (Wildman–Crippen MR) is 102 cm³/mol. The normalized spacial score (nSPS) is 13.8. The molecule has 0 bridgehead atoms. The first-order valence-electron chi connectivity index (χ1n) is 8.64. The van der Waals surface area contributed by atoms with E-state index in [2.05, 4.69) is 15.6 Å². The summed E-state index contributed by atoms with van der Waals surface area (Å²) < 4.78 is 0. The Morgan fingerprint density at radius 1 is 1.04 bits per heavy atom. The van der Waals surface area contributed by atoms with Crippen molar-refractivity contribution in [2.45, 2.75) is 6.92 Å². The monoisotopic (exact) mass is 367 g/mol. The average molecular weight is 367 g/mol. The molecule has 0 saturated carbocycles. The zero-order valence-electron chi connectivity index (χ0n) is 15.0. The molecule has 1 aliphatic heterocycles. The van der Waals surface area contributed by atoms with E-state index in [0.717, 1.165) is 12.1 Å². The largest absolute Gasteiger partial charge is 0.342 e. The molecule has 1 fully saturated rings. The van der Waals surface area contributed by atoms with Gasteiger partial charge in [0, 0.05) is 56.2 Å². The minimum atomic E-state index is -0.127. The van der Waals surface area contributed by atoms with Crippen LogP contribution in [0.4, 0.5) is 17.2 Å². The smallest absolute Gasteiger partial charge is 0.254 e. The lowest BCUT2D eigenvalue weighted by Gasteiger charge is -2.32. The fourth-order valence-electron chi connectivity index (χ4n) is 2.83. The van der Waals surface area contributed by atoms with Crippen LogP contribution in [0.5, 0.6) is 0 Å². The molecule has 2 aromatic rings. The molecule has 0 radical (unpaired) electrons. The first kappa shape index (κ1) is 18.4. The van der Waals surface area contributed by atoms with Crippen LogP contribution >= 0.6 is 0 Å². The Hall–Kier alpha value is -3.42. The number of aromatic nitrogens is 1. The minimum Gasteiger partial charge on any atom is -0.342 e. The van der Waals surface area contributed by atoms with Gasteiger partial charge in [-0.15, -0.1) is 0 Å². The first-order chi connectivity index (χ1) is 13.0. The molecular weight excluding hydrogens is 346 g/mol. The highest BCUT2D eigenvalue weighted by atomic mass is 16.2. The molecule has 8 heteroatoms. The number of hydrogen-bond donors (Lipinski definition) is 2. The van der Waals surface area contributed by atoms with E-state index in [1.807, 2.05) is 12.1 Å². The maximum atomic E-state index is 12.7. The van der Waals surface area contributed by atoms with E-state index >= 15 is 0 Å². The van der Waals surface area contributed by atoms with Crippen LogP contribution in [0.15, 0.2) is 42.6 Å². The Balaban J connectivity index is 1.65. The lowest BCUT2D eigenvalue weighted by atomic mass is 10.2. The molecule has 27 heavy (non-hydrogen) atoms. The van der Waals surface area contributed by atoms with E-state index in [4.69, 9.17) is 0 Å². The number of nitrogens with one attached hydrogen (secondary N) is 2. The summed E-state index contributed by atoms with van der Waals surface area (Å²) in [5.74, 6) is 0.351. The Labute approximate surface area is 157 Å². The molecule has 3 rings (SSSR count). The number of anilines is 3. The van der Waals surface area contributed by atoms with E-state index in [0.29, 0.717) is 43.2 Å². The van der Waals surface area contributed by atoms with Gasteiger partial charge in [0.2, 0.25) is 12.3 Å². The van der Waals surface area contributed by atoms with Crippen LogP contribution in [-0.2, 0) is 9.59 Å². The van der Waals surface area contributed by atoms with Crippen LogP contribution in [0.3, 0.4) is 0 Å². The molecule has 2 heterocycles. The summed E-state index contributed by atoms with van der Waals surface area (Å²) >= 11 is 0. The van der Waals surface area contributed by atoms with Gasteiger partial charge in [0.05, 0.1) is 0 Å². The molecule has 2 N–H and O–H groups in total. The van der Waals surface area contributed by atoms with Gasteiger partial charge < -0.3 is 20.4 Å². The zero-order valence-corrected chi connectivity index (χ0v) is 15.0. The van der Waals surface area contributed by atoms with Crippen LogP contribution in [0.25, 0.3) is 0 Å². The minimum absolute atomic E-state index is 0.0768. The van der Waals surface area contributed by atoms with Gasteiger partial charge >= 0.3 is 0 Å². The second-order valence-electron chi connectivity index (χ2n) is 6.25. The average Bonchev–Trinajstić information content (AvgIpc) is 2.69. The van der Waals surface area contributed by atoms with Gasteiger partial charge in [0.25, 0.3) is 5.91 Å². The fourth-order valence-corrected chi connectivity index (χ4v) is 2.83. The lowest BCUT2D eigenvalue weighted by Crippen LogP contribution is -2.48. The Bertz CT molecular complexity index is 829. The van der Waals surface area contributed by atoms with E-state index in [-0.39, 0.29) is 11.8 Å². The molecular formula is C19H21N5O3. The topological polar surface area (TPSA) is 94.6 Å². The van der Waals surface area contributed by atoms with Gasteiger partial charge in [-0.3, -0.25) is 14.4 Å². The number of piperazine rings is 1. The van der Waals surface area contributed by atoms with Crippen molar-refractivity contribution in [1.29, 1.82) is 0 Å². The third kappa shape index (κ3) is 4.81. The summed E-state index contributed by atoms with van der Waals surface area (Å²) in [5, 5.41) is 5.86. The Kier molecular flexibility index (Phi) is 5.65. The molecule has 1 saturated heterocycles. The second kappa shape index (κ2) is 8.31. The number of carbonyl (C=O) groups is 3. The van der Waals surface area contributed by atoms with Gasteiger partial charge in [-0.2, -0.15) is 0 Å². The maximum Gasteiger partial charge on any atom is 0.254 e. The van der Waals surface area contributed by atoms with Gasteiger partial charge in [0.15, 0.2) is 0 Å². The number of benzene rings is 1. The third-order valence-corrected chi connectivity index (χ3v) is 4.24. The molecule has 1 aromatic carbocycles. The molecule has 3 amide bonds. The first-order valence-corrected chi connectivity index (χ1v) is 8.64. The second-order valence-corrected chi connectivity index (χ2v) is 6.25. The van der Waals surface area contributed by atoms with E-state index in [9.17, 15) is 14.4 Å². The number of nitrogens with zero attached hydrogens (tertiary/aromatic N) is 3. The Morgan fingerprint density at radius 3 is 2.33 bits per heavy atom. The standard InChI is InChI=1S/C19H21N5O3/c1-14(26)21-16-2-4-17(5-3-16)22-18-12-15(6-7-20-18)19(27)24-10-8-23(13-25)9-11-24/h2-7,12-13H,8-11H2,1H3,(H,20,22)(H,21,26). The quantitative estimate of drug-likeness (QED) is 0.785. The van der Waals surface area contributed by atoms with Crippen molar-refractivity contribution in [3.63, 3.8) is 0 Å². The summed E-state index contributed by atoms with van der Waals surface area (Å²) in [5.41, 5.74) is 2.04. The van der Waals surface area contributed by atoms with Crippen LogP contribution in [0.2, 0.25) is 0 Å². The van der Waals surface area contributed by atoms with Crippen LogP contribution < -0.4 is 10.6 Å². The van der Waals surface area contributed by atoms with Crippen LogP contribution in [0.1, 0.15) is 17.3 Å². The molecule has 8 nitrogen and oxygen atoms in total. The molecule has 0 aliphatic carbocycles. The number of carbonyl (C=O) groups excluding carboxylic acids is 3. The maximum absolute atomic E-state index is 12.7. The summed E-state index contributed by atoms with van der Waals surface area (Å²) in [4.78, 5) is 42.2. The van der Waals surface area contributed by atoms with Gasteiger partial charge in [-0.05, 0) is 36.4 Å². The molecule has 0 spiro atoms. The van der Waals surface area contributed by atoms with Crippen LogP contribution in [-0.4, -0.2) is 59.2 Å². The Morgan fingerprint density at radius 2 is 1.70 bits per heavy atom. The van der Waals surface area contributed by atoms with Gasteiger partial charge in [-0.1, -0.05) is 0 Å². The summed E-state index contributed by atoms with van der Waals surface area (Å²) in [6, 6.07) is 10.6. The summed E-state index contributed by atoms with van der Waals surface area (Å²) in [6.07, 6.45) is 2.40. The zero-order chi connectivity index (χ0) is 19.2. The van der Waals surface area contributed by atoms with Crippen molar-refractivity contribution in [1.82, 2.24) is 14.8 Å². The number of rotatable bonds is 5. The molecule has 0 atom stereocenters. The van der Waals surface area contributed by atoms with Crippen molar-refractivity contribution < 1.29 is 14.4 Å². The summed E-state index contributed by atoms with van der Waals surface area (Å²) in [6.45, 7) is 3.59. The fraction of sp³-hybridized carbons (Fsp3) is 0.263. The molecule has 1 aromatic heterocycles. The van der Waals surface area contributed by atoms with E-state index in [1.165, 1.54) is 6.92 Å². The third-order valence-electron chi connectivity index (χ3n) is 4.24. The number of amides is 3. The van der Waals surface area contributed by atoms with Crippen molar-refractivity contribution in [3.05, 3.63) is 48.2 Å². The van der Waals surface area contributed by atoms with Crippen molar-refractivity contribution in [2.24, 2.45) is 0 Å². The van der Waals surface area contributed by atoms with E-state index < -0.39 is 0 Å². The summed E-state index contributed by atoms with van der Waals surface area (Å²) in [7, 11) is 0.